The molecule has 2 saturated heterocycles. The van der Waals surface area contributed by atoms with Crippen molar-refractivity contribution in [3.63, 3.8) is 0 Å². The quantitative estimate of drug-likeness (QED) is 0.463. The van der Waals surface area contributed by atoms with E-state index in [1.165, 1.54) is 6.07 Å². The third-order valence-electron chi connectivity index (χ3n) is 6.42. The molecular weight excluding hydrogens is 403 g/mol. The van der Waals surface area contributed by atoms with Gasteiger partial charge in [-0.3, -0.25) is 9.88 Å². The highest BCUT2D eigenvalue weighted by molar-refractivity contribution is 5.67. The summed E-state index contributed by atoms with van der Waals surface area (Å²) in [4.78, 5) is 7.07. The van der Waals surface area contributed by atoms with E-state index in [0.29, 0.717) is 17.7 Å². The fraction of sp³-hybridized carbons (Fsp3) is 0.231. The van der Waals surface area contributed by atoms with Gasteiger partial charge in [0.2, 0.25) is 0 Å². The van der Waals surface area contributed by atoms with Crippen LogP contribution in [0.2, 0.25) is 0 Å². The Bertz CT molecular complexity index is 1240. The van der Waals surface area contributed by atoms with Crippen LogP contribution in [0, 0.1) is 5.82 Å². The number of hydrogen-bond acceptors (Lipinski definition) is 4. The van der Waals surface area contributed by atoms with Crippen molar-refractivity contribution in [3.05, 3.63) is 90.5 Å². The number of fused-ring (bicyclic) bond motifs is 2. The molecular formula is C26H23FN4O. The molecule has 2 fully saturated rings. The summed E-state index contributed by atoms with van der Waals surface area (Å²) < 4.78 is 22.4. The maximum Gasteiger partial charge on any atom is 0.132 e. The SMILES string of the molecule is Fc1ccccc1-c1c(CN2CC3CC2CO3)cnn1-c1ccc(-c2ccccc2)nc1. The van der Waals surface area contributed by atoms with E-state index < -0.39 is 0 Å². The lowest BCUT2D eigenvalue weighted by atomic mass is 10.1. The number of benzene rings is 2. The molecule has 2 unspecified atom stereocenters. The van der Waals surface area contributed by atoms with Crippen molar-refractivity contribution in [1.82, 2.24) is 19.7 Å². The molecule has 0 radical (unpaired) electrons. The molecule has 160 valence electrons. The molecule has 0 spiro atoms. The van der Waals surface area contributed by atoms with Crippen LogP contribution in [0.4, 0.5) is 4.39 Å². The van der Waals surface area contributed by atoms with Crippen LogP contribution in [0.5, 0.6) is 0 Å². The fourth-order valence-electron chi connectivity index (χ4n) is 4.82. The van der Waals surface area contributed by atoms with Gasteiger partial charge in [-0.2, -0.15) is 5.10 Å². The Balaban J connectivity index is 1.39. The highest BCUT2D eigenvalue weighted by atomic mass is 19.1. The summed E-state index contributed by atoms with van der Waals surface area (Å²) in [5.41, 5.74) is 5.09. The van der Waals surface area contributed by atoms with Crippen molar-refractivity contribution >= 4 is 0 Å². The van der Waals surface area contributed by atoms with E-state index in [0.717, 1.165) is 54.3 Å². The molecule has 4 aromatic rings. The largest absolute Gasteiger partial charge is 0.375 e. The van der Waals surface area contributed by atoms with Crippen LogP contribution in [0.15, 0.2) is 79.1 Å². The number of rotatable bonds is 5. The lowest BCUT2D eigenvalue weighted by Gasteiger charge is -2.26. The average Bonchev–Trinajstić information content (AvgIpc) is 3.57. The first-order valence-electron chi connectivity index (χ1n) is 11.0. The zero-order valence-electron chi connectivity index (χ0n) is 17.6. The smallest absolute Gasteiger partial charge is 0.132 e. The molecule has 2 aromatic heterocycles. The van der Waals surface area contributed by atoms with Gasteiger partial charge in [0.15, 0.2) is 0 Å². The Labute approximate surface area is 186 Å². The van der Waals surface area contributed by atoms with Crippen LogP contribution in [0.1, 0.15) is 12.0 Å². The summed E-state index contributed by atoms with van der Waals surface area (Å²) in [7, 11) is 0. The summed E-state index contributed by atoms with van der Waals surface area (Å²) >= 11 is 0. The number of nitrogens with zero attached hydrogens (tertiary/aromatic N) is 4. The number of pyridine rings is 1. The molecule has 2 aliphatic heterocycles. The summed E-state index contributed by atoms with van der Waals surface area (Å²) in [5, 5.41) is 4.66. The van der Waals surface area contributed by atoms with Gasteiger partial charge in [-0.25, -0.2) is 9.07 Å². The zero-order valence-corrected chi connectivity index (χ0v) is 17.6. The normalized spacial score (nSPS) is 20.2. The van der Waals surface area contributed by atoms with Gasteiger partial charge in [0.1, 0.15) is 5.82 Å². The molecule has 6 rings (SSSR count). The second kappa shape index (κ2) is 7.97. The van der Waals surface area contributed by atoms with Gasteiger partial charge in [-0.05, 0) is 30.7 Å². The molecule has 32 heavy (non-hydrogen) atoms. The van der Waals surface area contributed by atoms with Crippen molar-refractivity contribution in [1.29, 1.82) is 0 Å². The number of ether oxygens (including phenoxy) is 1. The fourth-order valence-corrected chi connectivity index (χ4v) is 4.82. The van der Waals surface area contributed by atoms with E-state index in [-0.39, 0.29) is 5.82 Å². The molecule has 0 saturated carbocycles. The van der Waals surface area contributed by atoms with E-state index in [1.807, 2.05) is 60.8 Å². The minimum absolute atomic E-state index is 0.254. The van der Waals surface area contributed by atoms with Crippen LogP contribution in [0.3, 0.4) is 0 Å². The number of hydrogen-bond donors (Lipinski definition) is 0. The number of morpholine rings is 1. The summed E-state index contributed by atoms with van der Waals surface area (Å²) in [6.07, 6.45) is 5.06. The van der Waals surface area contributed by atoms with Crippen LogP contribution in [-0.2, 0) is 11.3 Å². The van der Waals surface area contributed by atoms with E-state index >= 15 is 0 Å². The molecule has 2 atom stereocenters. The Kier molecular flexibility index (Phi) is 4.82. The monoisotopic (exact) mass is 426 g/mol. The first-order chi connectivity index (χ1) is 15.8. The maximum absolute atomic E-state index is 14.9. The minimum Gasteiger partial charge on any atom is -0.375 e. The van der Waals surface area contributed by atoms with E-state index in [1.54, 1.807) is 16.9 Å². The Morgan fingerprint density at radius 1 is 0.969 bits per heavy atom. The molecule has 2 aliphatic rings. The predicted molar refractivity (Wildman–Crippen MR) is 121 cm³/mol. The van der Waals surface area contributed by atoms with Crippen molar-refractivity contribution < 1.29 is 9.13 Å². The molecule has 0 aliphatic carbocycles. The molecule has 0 N–H and O–H groups in total. The van der Waals surface area contributed by atoms with E-state index in [2.05, 4.69) is 15.0 Å². The average molecular weight is 426 g/mol. The highest BCUT2D eigenvalue weighted by Crippen LogP contribution is 2.34. The zero-order chi connectivity index (χ0) is 21.5. The van der Waals surface area contributed by atoms with E-state index in [4.69, 9.17) is 4.74 Å². The molecule has 0 amide bonds. The van der Waals surface area contributed by atoms with Gasteiger partial charge in [0.25, 0.3) is 0 Å². The molecule has 2 bridgehead atoms. The molecule has 4 heterocycles. The summed E-state index contributed by atoms with van der Waals surface area (Å²) in [6.45, 7) is 2.42. The van der Waals surface area contributed by atoms with Gasteiger partial charge in [-0.1, -0.05) is 42.5 Å². The predicted octanol–water partition coefficient (Wildman–Crippen LogP) is 4.71. The van der Waals surface area contributed by atoms with Crippen LogP contribution < -0.4 is 0 Å². The van der Waals surface area contributed by atoms with Crippen molar-refractivity contribution in [3.8, 4) is 28.2 Å². The van der Waals surface area contributed by atoms with Gasteiger partial charge >= 0.3 is 0 Å². The first-order valence-corrected chi connectivity index (χ1v) is 11.0. The standard InChI is InChI=1S/C26H23FN4O/c27-24-9-5-4-8-23(24)26-19(15-30-16-22-12-21(30)17-32-22)13-29-31(26)20-10-11-25(28-14-20)18-6-2-1-3-7-18/h1-11,13-14,21-22H,12,15-17H2. The number of aromatic nitrogens is 3. The first kappa shape index (κ1) is 19.3. The summed E-state index contributed by atoms with van der Waals surface area (Å²) in [6, 6.07) is 21.3. The van der Waals surface area contributed by atoms with Crippen LogP contribution >= 0.6 is 0 Å². The highest BCUT2D eigenvalue weighted by Gasteiger charge is 2.39. The van der Waals surface area contributed by atoms with Crippen molar-refractivity contribution in [2.45, 2.75) is 25.1 Å². The second-order valence-corrected chi connectivity index (χ2v) is 8.45. The second-order valence-electron chi connectivity index (χ2n) is 8.45. The third kappa shape index (κ3) is 3.42. The molecule has 6 heteroatoms. The topological polar surface area (TPSA) is 43.2 Å². The Morgan fingerprint density at radius 2 is 1.81 bits per heavy atom. The minimum atomic E-state index is -0.254. The van der Waals surface area contributed by atoms with Crippen molar-refractivity contribution in [2.24, 2.45) is 0 Å². The Morgan fingerprint density at radius 3 is 2.53 bits per heavy atom. The third-order valence-corrected chi connectivity index (χ3v) is 6.42. The Hall–Kier alpha value is -3.35. The van der Waals surface area contributed by atoms with Gasteiger partial charge < -0.3 is 4.74 Å². The van der Waals surface area contributed by atoms with Crippen LogP contribution in [0.25, 0.3) is 28.2 Å². The van der Waals surface area contributed by atoms with Crippen molar-refractivity contribution in [2.75, 3.05) is 13.2 Å². The van der Waals surface area contributed by atoms with Gasteiger partial charge in [0.05, 0.1) is 42.2 Å². The summed E-state index contributed by atoms with van der Waals surface area (Å²) in [5.74, 6) is -0.254. The van der Waals surface area contributed by atoms with Crippen LogP contribution in [-0.4, -0.2) is 45.0 Å². The lowest BCUT2D eigenvalue weighted by Crippen LogP contribution is -2.36. The molecule has 5 nitrogen and oxygen atoms in total. The molecule has 2 aromatic carbocycles. The lowest BCUT2D eigenvalue weighted by molar-refractivity contribution is 0.0274. The van der Waals surface area contributed by atoms with Gasteiger partial charge in [-0.15, -0.1) is 0 Å². The van der Waals surface area contributed by atoms with E-state index in [9.17, 15) is 4.39 Å². The number of likely N-dealkylation sites (tertiary alicyclic amines) is 1. The maximum atomic E-state index is 14.9. The number of halogens is 1. The van der Waals surface area contributed by atoms with Gasteiger partial charge in [0, 0.05) is 35.8 Å².